The summed E-state index contributed by atoms with van der Waals surface area (Å²) in [7, 11) is 1.53. The van der Waals surface area contributed by atoms with Gasteiger partial charge >= 0.3 is 35.8 Å². The monoisotopic (exact) mass is 1120 g/mol. The van der Waals surface area contributed by atoms with E-state index in [1.165, 1.54) is 55.6 Å². The Balaban J connectivity index is 0.000000276. The number of rotatable bonds is 10. The van der Waals surface area contributed by atoms with E-state index in [4.69, 9.17) is 13.6 Å². The number of aliphatic hydroxyl groups excluding tert-OH is 1. The van der Waals surface area contributed by atoms with Crippen LogP contribution in [-0.4, -0.2) is 77.5 Å². The summed E-state index contributed by atoms with van der Waals surface area (Å²) in [5.74, 6) is 1.48. The number of oxazole rings is 2. The van der Waals surface area contributed by atoms with Gasteiger partial charge in [-0.3, -0.25) is 0 Å². The molecule has 12 nitrogen and oxygen atoms in total. The first-order valence-electron chi connectivity index (χ1n) is 18.4. The van der Waals surface area contributed by atoms with E-state index in [0.29, 0.717) is 79.9 Å². The Bertz CT molecular complexity index is 2860. The molecular formula is C44H35Br3F6MgN6O6. The number of nitrogens with zero attached hydrogens (tertiary/aromatic N) is 6. The third-order valence-electron chi connectivity index (χ3n) is 8.90. The number of hydrogen-bond acceptors (Lipinski definition) is 10. The summed E-state index contributed by atoms with van der Waals surface area (Å²) in [6.45, 7) is 5.01. The van der Waals surface area contributed by atoms with Gasteiger partial charge in [-0.1, -0.05) is 31.9 Å². The van der Waals surface area contributed by atoms with Gasteiger partial charge in [0.25, 0.3) is 0 Å². The molecule has 4 aromatic carbocycles. The molecular weight excluding hydrogens is 1090 g/mol. The van der Waals surface area contributed by atoms with E-state index in [9.17, 15) is 31.4 Å². The molecule has 0 spiro atoms. The number of alkyl halides is 6. The second-order valence-corrected chi connectivity index (χ2v) is 15.3. The fourth-order valence-electron chi connectivity index (χ4n) is 6.26. The molecule has 342 valence electrons. The third kappa shape index (κ3) is 13.1. The van der Waals surface area contributed by atoms with Crippen LogP contribution >= 0.6 is 31.9 Å². The molecule has 0 fully saturated rings. The van der Waals surface area contributed by atoms with Gasteiger partial charge in [0.1, 0.15) is 22.9 Å². The zero-order chi connectivity index (χ0) is 45.2. The van der Waals surface area contributed by atoms with Gasteiger partial charge < -0.3 is 52.6 Å². The van der Waals surface area contributed by atoms with Crippen molar-refractivity contribution in [1.29, 1.82) is 0 Å². The summed E-state index contributed by atoms with van der Waals surface area (Å²) in [5, 5.41) is 18.6. The van der Waals surface area contributed by atoms with Gasteiger partial charge in [0.15, 0.2) is 23.3 Å². The summed E-state index contributed by atoms with van der Waals surface area (Å²) < 4.78 is 104. The topological polar surface area (TPSA) is 136 Å². The molecule has 4 aromatic heterocycles. The van der Waals surface area contributed by atoms with Crippen molar-refractivity contribution in [3.8, 4) is 73.9 Å². The largest absolute Gasteiger partial charge is 2.00 e. The van der Waals surface area contributed by atoms with Crippen LogP contribution in [0.1, 0.15) is 30.5 Å². The Morgan fingerprint density at radius 1 is 0.636 bits per heavy atom. The number of aliphatic hydroxyl groups is 1. The van der Waals surface area contributed by atoms with Crippen molar-refractivity contribution in [3.63, 3.8) is 0 Å². The zero-order valence-corrected chi connectivity index (χ0v) is 41.4. The van der Waals surface area contributed by atoms with Gasteiger partial charge in [0.2, 0.25) is 5.88 Å². The molecule has 8 aromatic rings. The number of halogens is 9. The molecule has 0 aliphatic rings. The van der Waals surface area contributed by atoms with Crippen LogP contribution in [0.15, 0.2) is 127 Å². The normalized spacial score (nSPS) is 11.6. The Hall–Kier alpha value is -5.13. The average molecular weight is 1120 g/mol. The molecule has 22 heteroatoms. The fourth-order valence-corrected chi connectivity index (χ4v) is 6.99. The van der Waals surface area contributed by atoms with E-state index in [2.05, 4.69) is 61.5 Å². The summed E-state index contributed by atoms with van der Waals surface area (Å²) in [6, 6.07) is 25.4. The molecule has 0 bridgehead atoms. The minimum absolute atomic E-state index is 0. The van der Waals surface area contributed by atoms with Crippen molar-refractivity contribution in [2.24, 2.45) is 0 Å². The van der Waals surface area contributed by atoms with Crippen molar-refractivity contribution in [2.75, 3.05) is 7.11 Å². The van der Waals surface area contributed by atoms with E-state index in [1.807, 2.05) is 36.4 Å². The van der Waals surface area contributed by atoms with Gasteiger partial charge in [-0.15, -0.1) is 31.4 Å². The quantitative estimate of drug-likeness (QED) is 0.0802. The van der Waals surface area contributed by atoms with E-state index < -0.39 is 18.8 Å². The van der Waals surface area contributed by atoms with Crippen molar-refractivity contribution >= 4 is 54.9 Å². The first kappa shape index (κ1) is 53.5. The van der Waals surface area contributed by atoms with Gasteiger partial charge in [0, 0.05) is 63.5 Å². The van der Waals surface area contributed by atoms with Crippen molar-refractivity contribution in [1.82, 2.24) is 29.5 Å². The summed E-state index contributed by atoms with van der Waals surface area (Å²) >= 11 is 6.94. The molecule has 1 unspecified atom stereocenters. The maximum absolute atomic E-state index is 12.5. The van der Waals surface area contributed by atoms with Crippen LogP contribution in [-0.2, 0) is 0 Å². The molecule has 0 saturated heterocycles. The van der Waals surface area contributed by atoms with Crippen molar-refractivity contribution in [2.45, 2.75) is 39.6 Å². The average Bonchev–Trinajstić information content (AvgIpc) is 4.05. The molecule has 4 heterocycles. The van der Waals surface area contributed by atoms with Crippen molar-refractivity contribution < 1.29 is 71.5 Å². The Kier molecular flexibility index (Phi) is 17.9. The molecule has 66 heavy (non-hydrogen) atoms. The second-order valence-electron chi connectivity index (χ2n) is 13.5. The second kappa shape index (κ2) is 22.1. The van der Waals surface area contributed by atoms with E-state index in [1.54, 1.807) is 54.7 Å². The number of ether oxygens (including phenoxy) is 3. The predicted octanol–water partition coefficient (Wildman–Crippen LogP) is 9.46. The van der Waals surface area contributed by atoms with Crippen LogP contribution in [0.5, 0.6) is 17.4 Å². The predicted molar refractivity (Wildman–Crippen MR) is 237 cm³/mol. The van der Waals surface area contributed by atoms with E-state index in [-0.39, 0.29) is 59.0 Å². The number of aryl methyl sites for hydroxylation is 2. The van der Waals surface area contributed by atoms with Crippen LogP contribution in [0.4, 0.5) is 26.3 Å². The van der Waals surface area contributed by atoms with Crippen LogP contribution in [0.25, 0.3) is 56.5 Å². The summed E-state index contributed by atoms with van der Waals surface area (Å²) in [4.78, 5) is 8.89. The van der Waals surface area contributed by atoms with E-state index in [0.717, 1.165) is 8.95 Å². The number of hydrogen-bond donors (Lipinski definition) is 1. The SMILES string of the molecule is COc1ccn(-c2ccc(Br)cc2-c2oc(C)nc2-c2ccc(OC(F)(F)F)cc2)n1.Cc1nc(-c2ccc(OC(F)(F)F)cc2)c(-c2cc(Br)ccc2-n2ccc(C(C)O)n2)o1.[Br-].[CH3-].[Mg+2]. The zero-order valence-electron chi connectivity index (χ0n) is 35.3. The maximum atomic E-state index is 12.5. The standard InChI is InChI=1S/C22H17BrF3N3O3.C21H15BrF3N3O3.CH3.BrH.Mg/c1-12(30)18-9-10-29(28-18)19-8-5-15(23)11-17(19)21-20(27-13(2)31-21)14-3-6-16(7-4-14)32-22(24,25)26;1-12-26-19(13-3-6-15(7-4-13)31-21(23,24)25)20(30-12)16-11-14(22)5-8-17(16)28-10-9-18(27-28)29-2;;;/h3-12,30H,1-2H3;3-11H,1-2H3;1H3;1H;/q;;-1;;+2/p-1. The summed E-state index contributed by atoms with van der Waals surface area (Å²) in [6.07, 6.45) is -6.78. The Labute approximate surface area is 417 Å². The molecule has 0 radical (unpaired) electrons. The van der Waals surface area contributed by atoms with E-state index >= 15 is 0 Å². The van der Waals surface area contributed by atoms with Gasteiger partial charge in [-0.25, -0.2) is 19.3 Å². The van der Waals surface area contributed by atoms with Gasteiger partial charge in [-0.05, 0) is 97.9 Å². The molecule has 0 saturated carbocycles. The molecule has 0 amide bonds. The van der Waals surface area contributed by atoms with Crippen LogP contribution in [0.3, 0.4) is 0 Å². The Morgan fingerprint density at radius 3 is 1.41 bits per heavy atom. The number of methoxy groups -OCH3 is 1. The minimum atomic E-state index is -4.77. The first-order valence-corrected chi connectivity index (χ1v) is 20.0. The fraction of sp³-hybridized carbons (Fsp3) is 0.159. The number of benzene rings is 4. The van der Waals surface area contributed by atoms with Crippen LogP contribution < -0.4 is 31.2 Å². The first-order chi connectivity index (χ1) is 29.8. The maximum Gasteiger partial charge on any atom is 2.00 e. The van der Waals surface area contributed by atoms with Crippen LogP contribution in [0, 0.1) is 21.3 Å². The molecule has 1 atom stereocenters. The minimum Gasteiger partial charge on any atom is -1.00 e. The number of aromatic nitrogens is 6. The smallest absolute Gasteiger partial charge is 1.00 e. The van der Waals surface area contributed by atoms with Crippen LogP contribution in [0.2, 0.25) is 0 Å². The molecule has 0 aliphatic heterocycles. The molecule has 0 aliphatic carbocycles. The summed E-state index contributed by atoms with van der Waals surface area (Å²) in [5.41, 5.74) is 5.31. The molecule has 1 N–H and O–H groups in total. The third-order valence-corrected chi connectivity index (χ3v) is 9.89. The van der Waals surface area contributed by atoms with Gasteiger partial charge in [0.05, 0.1) is 30.3 Å². The van der Waals surface area contributed by atoms with Crippen molar-refractivity contribution in [3.05, 3.63) is 143 Å². The Morgan fingerprint density at radius 2 is 1.05 bits per heavy atom. The molecule has 8 rings (SSSR count). The van der Waals surface area contributed by atoms with Gasteiger partial charge in [-0.2, -0.15) is 5.10 Å².